The monoisotopic (exact) mass is 443 g/mol. The molecule has 4 rings (SSSR count). The van der Waals surface area contributed by atoms with E-state index in [0.717, 1.165) is 0 Å². The third-order valence-electron chi connectivity index (χ3n) is 5.15. The molecule has 0 aromatic heterocycles. The summed E-state index contributed by atoms with van der Waals surface area (Å²) in [5.41, 5.74) is 1.25. The predicted molar refractivity (Wildman–Crippen MR) is 119 cm³/mol. The Morgan fingerprint density at radius 3 is 2.29 bits per heavy atom. The number of carbonyl (C=O) groups excluding carboxylic acids is 1. The average molecular weight is 444 g/mol. The Hall–Kier alpha value is -3.20. The second-order valence-electron chi connectivity index (χ2n) is 7.01. The molecule has 0 bridgehead atoms. The molecule has 31 heavy (non-hydrogen) atoms. The molecule has 2 aromatic rings. The molecule has 0 unspecified atom stereocenters. The zero-order chi connectivity index (χ0) is 22.0. The van der Waals surface area contributed by atoms with E-state index < -0.39 is 0 Å². The van der Waals surface area contributed by atoms with Crippen molar-refractivity contribution in [1.82, 2.24) is 4.90 Å². The number of anilines is 1. The number of hydrogen-bond acceptors (Lipinski definition) is 7. The van der Waals surface area contributed by atoms with Gasteiger partial charge in [0, 0.05) is 26.2 Å². The maximum Gasteiger partial charge on any atom is 0.286 e. The number of amidine groups is 1. The Morgan fingerprint density at radius 2 is 1.68 bits per heavy atom. The average Bonchev–Trinajstić information content (AvgIpc) is 3.15. The van der Waals surface area contributed by atoms with Gasteiger partial charge in [-0.3, -0.25) is 4.79 Å². The minimum absolute atomic E-state index is 0.0952. The van der Waals surface area contributed by atoms with Crippen molar-refractivity contribution in [3.05, 3.63) is 52.7 Å². The number of ether oxygens (including phenoxy) is 2. The molecular weight excluding hydrogens is 421 g/mol. The smallest absolute Gasteiger partial charge is 0.286 e. The molecule has 1 fully saturated rings. The van der Waals surface area contributed by atoms with Gasteiger partial charge in [-0.1, -0.05) is 12.1 Å². The summed E-state index contributed by atoms with van der Waals surface area (Å²) < 4.78 is 24.4. The molecule has 9 heteroatoms. The standard InChI is InChI=1S/C22H22FN3O4S/c1-29-17-11-14(12-18(30-2)20(17)27)13-19-21(28)24-22(31-19)26-9-7-25(8-10-26)16-6-4-3-5-15(16)23/h3-6,11-13,27H,7-10H2,1-2H3/b19-13-. The van der Waals surface area contributed by atoms with Gasteiger partial charge in [0.05, 0.1) is 24.8 Å². The van der Waals surface area contributed by atoms with Crippen LogP contribution in [0.1, 0.15) is 5.56 Å². The number of hydrogen-bond donors (Lipinski definition) is 1. The number of halogens is 1. The van der Waals surface area contributed by atoms with Crippen LogP contribution in [-0.2, 0) is 4.79 Å². The SMILES string of the molecule is COc1cc(/C=C2\SC(N3CCN(c4ccccc4F)CC3)=NC2=O)cc(OC)c1O. The minimum Gasteiger partial charge on any atom is -0.502 e. The quantitative estimate of drug-likeness (QED) is 0.727. The number of phenolic OH excluding ortho intramolecular Hbond substituents is 1. The molecule has 0 aliphatic carbocycles. The lowest BCUT2D eigenvalue weighted by Crippen LogP contribution is -2.48. The van der Waals surface area contributed by atoms with Gasteiger partial charge in [-0.2, -0.15) is 4.99 Å². The largest absolute Gasteiger partial charge is 0.502 e. The summed E-state index contributed by atoms with van der Waals surface area (Å²) in [6, 6.07) is 10.00. The molecule has 2 heterocycles. The van der Waals surface area contributed by atoms with Gasteiger partial charge in [0.25, 0.3) is 5.91 Å². The first-order chi connectivity index (χ1) is 15.0. The second-order valence-corrected chi connectivity index (χ2v) is 8.02. The van der Waals surface area contributed by atoms with E-state index in [1.54, 1.807) is 30.3 Å². The van der Waals surface area contributed by atoms with Crippen LogP contribution in [0.3, 0.4) is 0 Å². The second kappa shape index (κ2) is 8.89. The van der Waals surface area contributed by atoms with E-state index in [1.807, 2.05) is 15.9 Å². The molecular formula is C22H22FN3O4S. The Balaban J connectivity index is 1.45. The molecule has 0 atom stereocenters. The highest BCUT2D eigenvalue weighted by Crippen LogP contribution is 2.39. The number of methoxy groups -OCH3 is 2. The Kier molecular flexibility index (Phi) is 6.03. The third kappa shape index (κ3) is 4.32. The van der Waals surface area contributed by atoms with Gasteiger partial charge >= 0.3 is 0 Å². The first kappa shape index (κ1) is 21.0. The maximum atomic E-state index is 14.0. The fourth-order valence-electron chi connectivity index (χ4n) is 3.53. The number of amides is 1. The van der Waals surface area contributed by atoms with Gasteiger partial charge < -0.3 is 24.4 Å². The van der Waals surface area contributed by atoms with Crippen molar-refractivity contribution in [2.24, 2.45) is 4.99 Å². The lowest BCUT2D eigenvalue weighted by molar-refractivity contribution is -0.113. The molecule has 1 N–H and O–H groups in total. The number of carbonyl (C=O) groups is 1. The van der Waals surface area contributed by atoms with Crippen LogP contribution in [0.15, 0.2) is 46.3 Å². The highest BCUT2D eigenvalue weighted by molar-refractivity contribution is 8.18. The number of aliphatic imine (C=N–C) groups is 1. The predicted octanol–water partition coefficient (Wildman–Crippen LogP) is 3.34. The molecule has 162 valence electrons. The molecule has 0 radical (unpaired) electrons. The molecule has 1 saturated heterocycles. The van der Waals surface area contributed by atoms with E-state index in [4.69, 9.17) is 9.47 Å². The first-order valence-electron chi connectivity index (χ1n) is 9.72. The zero-order valence-electron chi connectivity index (χ0n) is 17.2. The summed E-state index contributed by atoms with van der Waals surface area (Å²) in [7, 11) is 2.89. The molecule has 0 spiro atoms. The van der Waals surface area contributed by atoms with Crippen LogP contribution in [0.5, 0.6) is 17.2 Å². The van der Waals surface area contributed by atoms with E-state index in [1.165, 1.54) is 32.0 Å². The molecule has 0 saturated carbocycles. The summed E-state index contributed by atoms with van der Waals surface area (Å²) in [5, 5.41) is 10.7. The number of piperazine rings is 1. The van der Waals surface area contributed by atoms with Crippen LogP contribution in [0, 0.1) is 5.82 Å². The normalized spacial score (nSPS) is 17.8. The van der Waals surface area contributed by atoms with Crippen molar-refractivity contribution in [1.29, 1.82) is 0 Å². The zero-order valence-corrected chi connectivity index (χ0v) is 18.0. The van der Waals surface area contributed by atoms with Crippen LogP contribution in [0.2, 0.25) is 0 Å². The van der Waals surface area contributed by atoms with Crippen LogP contribution in [-0.4, -0.2) is 61.5 Å². The number of nitrogens with zero attached hydrogens (tertiary/aromatic N) is 3. The summed E-state index contributed by atoms with van der Waals surface area (Å²) in [5.74, 6) is -0.132. The Labute approximate surface area is 183 Å². The van der Waals surface area contributed by atoms with Crippen molar-refractivity contribution < 1.29 is 23.8 Å². The van der Waals surface area contributed by atoms with Crippen molar-refractivity contribution >= 4 is 34.6 Å². The van der Waals surface area contributed by atoms with Crippen LogP contribution in [0.4, 0.5) is 10.1 Å². The summed E-state index contributed by atoms with van der Waals surface area (Å²) >= 11 is 1.30. The number of para-hydroxylation sites is 1. The van der Waals surface area contributed by atoms with Gasteiger partial charge in [-0.05, 0) is 47.7 Å². The molecule has 2 aliphatic rings. The Bertz CT molecular complexity index is 1040. The van der Waals surface area contributed by atoms with E-state index in [0.29, 0.717) is 47.5 Å². The Morgan fingerprint density at radius 1 is 1.06 bits per heavy atom. The highest BCUT2D eigenvalue weighted by Gasteiger charge is 2.29. The maximum absolute atomic E-state index is 14.0. The van der Waals surface area contributed by atoms with Crippen LogP contribution in [0.25, 0.3) is 6.08 Å². The number of benzene rings is 2. The molecule has 1 amide bonds. The summed E-state index contributed by atoms with van der Waals surface area (Å²) in [4.78, 5) is 21.2. The van der Waals surface area contributed by atoms with E-state index >= 15 is 0 Å². The number of thioether (sulfide) groups is 1. The fraction of sp³-hybridized carbons (Fsp3) is 0.273. The van der Waals surface area contributed by atoms with Gasteiger partial charge in [0.1, 0.15) is 5.82 Å². The van der Waals surface area contributed by atoms with Crippen molar-refractivity contribution in [2.45, 2.75) is 0 Å². The molecule has 2 aliphatic heterocycles. The van der Waals surface area contributed by atoms with Crippen LogP contribution >= 0.6 is 11.8 Å². The number of aromatic hydroxyl groups is 1. The number of phenols is 1. The fourth-order valence-corrected chi connectivity index (χ4v) is 4.49. The van der Waals surface area contributed by atoms with Crippen molar-refractivity contribution in [2.75, 3.05) is 45.3 Å². The van der Waals surface area contributed by atoms with E-state index in [-0.39, 0.29) is 29.0 Å². The summed E-state index contributed by atoms with van der Waals surface area (Å²) in [6.45, 7) is 2.56. The third-order valence-corrected chi connectivity index (χ3v) is 6.20. The van der Waals surface area contributed by atoms with Crippen molar-refractivity contribution in [3.63, 3.8) is 0 Å². The van der Waals surface area contributed by atoms with Crippen molar-refractivity contribution in [3.8, 4) is 17.2 Å². The topological polar surface area (TPSA) is 74.6 Å². The molecule has 2 aromatic carbocycles. The lowest BCUT2D eigenvalue weighted by Gasteiger charge is -2.36. The van der Waals surface area contributed by atoms with Gasteiger partial charge in [0.15, 0.2) is 16.7 Å². The van der Waals surface area contributed by atoms with Gasteiger partial charge in [-0.25, -0.2) is 4.39 Å². The van der Waals surface area contributed by atoms with Gasteiger partial charge in [-0.15, -0.1) is 0 Å². The molecule has 7 nitrogen and oxygen atoms in total. The lowest BCUT2D eigenvalue weighted by atomic mass is 10.1. The minimum atomic E-state index is -0.317. The van der Waals surface area contributed by atoms with Gasteiger partial charge in [0.2, 0.25) is 5.75 Å². The van der Waals surface area contributed by atoms with Crippen LogP contribution < -0.4 is 14.4 Å². The highest BCUT2D eigenvalue weighted by atomic mass is 32.2. The first-order valence-corrected chi connectivity index (χ1v) is 10.5. The van der Waals surface area contributed by atoms with E-state index in [9.17, 15) is 14.3 Å². The number of rotatable bonds is 4. The van der Waals surface area contributed by atoms with E-state index in [2.05, 4.69) is 4.99 Å². The summed E-state index contributed by atoms with van der Waals surface area (Å²) in [6.07, 6.45) is 1.70.